The Labute approximate surface area is 165 Å². The van der Waals surface area contributed by atoms with Crippen LogP contribution in [0.1, 0.15) is 61.7 Å². The van der Waals surface area contributed by atoms with Crippen LogP contribution in [0.4, 0.5) is 0 Å². The quantitative estimate of drug-likeness (QED) is 0.618. The molecule has 0 aliphatic carbocycles. The van der Waals surface area contributed by atoms with E-state index < -0.39 is 17.9 Å². The molecule has 1 N–H and O–H groups in total. The summed E-state index contributed by atoms with van der Waals surface area (Å²) in [6.45, 7) is 5.45. The lowest BCUT2D eigenvalue weighted by Gasteiger charge is -2.27. The lowest BCUT2D eigenvalue weighted by Crippen LogP contribution is -2.45. The van der Waals surface area contributed by atoms with E-state index in [4.69, 9.17) is 4.74 Å². The first kappa shape index (κ1) is 20.2. The molecular weight excluding hydrogens is 360 g/mol. The van der Waals surface area contributed by atoms with E-state index in [-0.39, 0.29) is 37.0 Å². The van der Waals surface area contributed by atoms with Crippen LogP contribution in [0.25, 0.3) is 0 Å². The van der Waals surface area contributed by atoms with Gasteiger partial charge in [-0.15, -0.1) is 0 Å². The number of imide groups is 1. The third-order valence-electron chi connectivity index (χ3n) is 5.26. The molecule has 7 heteroatoms. The topological polar surface area (TPSA) is 92.8 Å². The van der Waals surface area contributed by atoms with Gasteiger partial charge in [0.1, 0.15) is 11.5 Å². The number of hydrogen-bond donors (Lipinski definition) is 1. The van der Waals surface area contributed by atoms with E-state index >= 15 is 0 Å². The van der Waals surface area contributed by atoms with Crippen molar-refractivity contribution >= 4 is 23.4 Å². The fourth-order valence-electron chi connectivity index (χ4n) is 3.57. The number of Topliss-reactive ketones (excluding diaryl/α,β-unsaturated/α-hetero) is 2. The number of hydrogen-bond acceptors (Lipinski definition) is 6. The molecule has 0 radical (unpaired) electrons. The summed E-state index contributed by atoms with van der Waals surface area (Å²) in [5.41, 5.74) is 0.464. The molecular formula is C21H28N2O5. The summed E-state index contributed by atoms with van der Waals surface area (Å²) in [5.74, 6) is -0.544. The van der Waals surface area contributed by atoms with Crippen LogP contribution >= 0.6 is 0 Å². The Morgan fingerprint density at radius 1 is 1.25 bits per heavy atom. The Hall–Kier alpha value is -2.54. The van der Waals surface area contributed by atoms with Gasteiger partial charge in [0.2, 0.25) is 0 Å². The van der Waals surface area contributed by atoms with Crippen molar-refractivity contribution in [3.63, 3.8) is 0 Å². The smallest absolute Gasteiger partial charge is 0.266 e. The molecule has 0 bridgehead atoms. The number of fused-ring (bicyclic) bond motifs is 1. The zero-order valence-electron chi connectivity index (χ0n) is 16.3. The van der Waals surface area contributed by atoms with Crippen LogP contribution in [-0.2, 0) is 9.59 Å². The normalized spacial score (nSPS) is 17.3. The van der Waals surface area contributed by atoms with E-state index in [1.165, 1.54) is 6.92 Å². The number of amides is 2. The summed E-state index contributed by atoms with van der Waals surface area (Å²) in [4.78, 5) is 51.0. The zero-order valence-corrected chi connectivity index (χ0v) is 16.3. The van der Waals surface area contributed by atoms with E-state index in [9.17, 15) is 19.2 Å². The van der Waals surface area contributed by atoms with Crippen molar-refractivity contribution in [1.29, 1.82) is 0 Å². The molecule has 1 atom stereocenters. The van der Waals surface area contributed by atoms with Gasteiger partial charge in [-0.2, -0.15) is 0 Å². The van der Waals surface area contributed by atoms with Gasteiger partial charge in [-0.3, -0.25) is 24.1 Å². The first-order chi connectivity index (χ1) is 13.4. The fraction of sp³-hybridized carbons (Fsp3) is 0.524. The first-order valence-corrected chi connectivity index (χ1v) is 9.80. The molecule has 1 aromatic rings. The van der Waals surface area contributed by atoms with Crippen molar-refractivity contribution in [2.24, 2.45) is 5.92 Å². The van der Waals surface area contributed by atoms with Crippen LogP contribution < -0.4 is 10.1 Å². The monoisotopic (exact) mass is 388 g/mol. The molecule has 2 amide bonds. The lowest BCUT2D eigenvalue weighted by molar-refractivity contribution is -0.122. The Kier molecular flexibility index (Phi) is 6.24. The molecule has 1 aromatic carbocycles. The number of nitrogens with zero attached hydrogens (tertiary/aromatic N) is 1. The highest BCUT2D eigenvalue weighted by molar-refractivity contribution is 6.24. The number of nitrogens with one attached hydrogen (secondary N) is 1. The fourth-order valence-corrected chi connectivity index (χ4v) is 3.57. The Morgan fingerprint density at radius 2 is 2.00 bits per heavy atom. The Balaban J connectivity index is 0.00000300. The van der Waals surface area contributed by atoms with Gasteiger partial charge in [-0.1, -0.05) is 13.0 Å². The molecule has 0 spiro atoms. The second kappa shape index (κ2) is 8.65. The minimum absolute atomic E-state index is 0. The van der Waals surface area contributed by atoms with Gasteiger partial charge in [-0.05, 0) is 31.9 Å². The highest BCUT2D eigenvalue weighted by Gasteiger charge is 2.43. The number of carbonyl (C=O) groups is 4. The third-order valence-corrected chi connectivity index (χ3v) is 5.26. The molecule has 0 aromatic heterocycles. The number of benzene rings is 1. The first-order valence-electron chi connectivity index (χ1n) is 9.80. The van der Waals surface area contributed by atoms with Gasteiger partial charge in [0.15, 0.2) is 5.78 Å². The van der Waals surface area contributed by atoms with E-state index in [1.807, 2.05) is 6.92 Å². The molecule has 152 valence electrons. The largest absolute Gasteiger partial charge is 0.492 e. The van der Waals surface area contributed by atoms with Gasteiger partial charge >= 0.3 is 0 Å². The molecule has 2 aliphatic heterocycles. The third kappa shape index (κ3) is 3.99. The lowest BCUT2D eigenvalue weighted by atomic mass is 10.0. The molecule has 2 aliphatic rings. The van der Waals surface area contributed by atoms with Crippen molar-refractivity contribution in [3.8, 4) is 5.75 Å². The van der Waals surface area contributed by atoms with Crippen molar-refractivity contribution in [2.45, 2.75) is 45.6 Å². The minimum Gasteiger partial charge on any atom is -0.492 e. The Morgan fingerprint density at radius 3 is 2.61 bits per heavy atom. The van der Waals surface area contributed by atoms with E-state index in [0.29, 0.717) is 24.7 Å². The standard InChI is InChI=1S/C21H26N2O5.H2/c1-3-5-15(25)8-9-17(13(2)24)23-20(26)16-6-4-7-18(19(16)21(23)27)28-12-14-10-22-11-14;/h4,6-7,14,17,22H,3,5,8-12H2,1-2H3;1H. The number of rotatable bonds is 10. The van der Waals surface area contributed by atoms with Gasteiger partial charge in [0, 0.05) is 33.3 Å². The summed E-state index contributed by atoms with van der Waals surface area (Å²) < 4.78 is 5.81. The molecule has 1 saturated heterocycles. The maximum Gasteiger partial charge on any atom is 0.266 e. The van der Waals surface area contributed by atoms with Crippen molar-refractivity contribution in [1.82, 2.24) is 10.2 Å². The van der Waals surface area contributed by atoms with E-state index in [1.54, 1.807) is 18.2 Å². The van der Waals surface area contributed by atoms with Gasteiger partial charge in [-0.25, -0.2) is 0 Å². The minimum atomic E-state index is -0.933. The predicted octanol–water partition coefficient (Wildman–Crippen LogP) is 2.23. The van der Waals surface area contributed by atoms with Crippen LogP contribution in [0.2, 0.25) is 0 Å². The molecule has 2 heterocycles. The maximum atomic E-state index is 13.0. The maximum absolute atomic E-state index is 13.0. The SMILES string of the molecule is CCCC(=O)CCC(C(C)=O)N1C(=O)c2cccc(OCC3CNC3)c2C1=O.[HH]. The molecule has 7 nitrogen and oxygen atoms in total. The van der Waals surface area contributed by atoms with Crippen molar-refractivity contribution in [2.75, 3.05) is 19.7 Å². The molecule has 28 heavy (non-hydrogen) atoms. The van der Waals surface area contributed by atoms with E-state index in [2.05, 4.69) is 5.32 Å². The molecule has 0 saturated carbocycles. The van der Waals surface area contributed by atoms with Gasteiger partial charge in [0.05, 0.1) is 23.8 Å². The Bertz CT molecular complexity index is 806. The second-order valence-electron chi connectivity index (χ2n) is 7.45. The summed E-state index contributed by atoms with van der Waals surface area (Å²) in [6.07, 6.45) is 1.49. The highest BCUT2D eigenvalue weighted by atomic mass is 16.5. The van der Waals surface area contributed by atoms with Crippen LogP contribution in [0.3, 0.4) is 0 Å². The average molecular weight is 388 g/mol. The average Bonchev–Trinajstić information content (AvgIpc) is 2.86. The predicted molar refractivity (Wildman–Crippen MR) is 105 cm³/mol. The number of ketones is 2. The number of ether oxygens (including phenoxy) is 1. The van der Waals surface area contributed by atoms with Crippen LogP contribution in [0, 0.1) is 5.92 Å². The molecule has 1 unspecified atom stereocenters. The van der Waals surface area contributed by atoms with Crippen LogP contribution in [0.15, 0.2) is 18.2 Å². The summed E-state index contributed by atoms with van der Waals surface area (Å²) in [7, 11) is 0. The van der Waals surface area contributed by atoms with Gasteiger partial charge in [0.25, 0.3) is 11.8 Å². The molecule has 1 fully saturated rings. The van der Waals surface area contributed by atoms with E-state index in [0.717, 1.165) is 24.4 Å². The van der Waals surface area contributed by atoms with Crippen LogP contribution in [-0.4, -0.2) is 54.0 Å². The second-order valence-corrected chi connectivity index (χ2v) is 7.45. The van der Waals surface area contributed by atoms with Crippen molar-refractivity contribution in [3.05, 3.63) is 29.3 Å². The summed E-state index contributed by atoms with van der Waals surface area (Å²) in [5, 5.41) is 3.16. The van der Waals surface area contributed by atoms with Crippen molar-refractivity contribution < 1.29 is 25.3 Å². The molecule has 3 rings (SSSR count). The summed E-state index contributed by atoms with van der Waals surface area (Å²) in [6, 6.07) is 3.99. The highest BCUT2D eigenvalue weighted by Crippen LogP contribution is 2.33. The summed E-state index contributed by atoms with van der Waals surface area (Å²) >= 11 is 0. The number of carbonyl (C=O) groups excluding carboxylic acids is 4. The van der Waals surface area contributed by atoms with Crippen LogP contribution in [0.5, 0.6) is 5.75 Å². The van der Waals surface area contributed by atoms with Gasteiger partial charge < -0.3 is 10.1 Å². The zero-order chi connectivity index (χ0) is 20.3.